The summed E-state index contributed by atoms with van der Waals surface area (Å²) in [6.45, 7) is 2.46. The first kappa shape index (κ1) is 18.1. The zero-order valence-corrected chi connectivity index (χ0v) is 14.7. The Balaban J connectivity index is 1.61. The molecule has 1 aromatic carbocycles. The van der Waals surface area contributed by atoms with E-state index in [1.54, 1.807) is 15.8 Å². The predicted molar refractivity (Wildman–Crippen MR) is 96.3 cm³/mol. The summed E-state index contributed by atoms with van der Waals surface area (Å²) in [5.41, 5.74) is 6.82. The van der Waals surface area contributed by atoms with Gasteiger partial charge in [-0.1, -0.05) is 35.5 Å². The lowest BCUT2D eigenvalue weighted by molar-refractivity contribution is -0.126. The highest BCUT2D eigenvalue weighted by atomic mass is 16.2. The number of hydrogen-bond acceptors (Lipinski definition) is 5. The lowest BCUT2D eigenvalue weighted by Crippen LogP contribution is -2.46. The summed E-state index contributed by atoms with van der Waals surface area (Å²) in [7, 11) is 0. The maximum absolute atomic E-state index is 12.7. The molecule has 0 spiro atoms. The molecule has 2 aromatic rings. The average Bonchev–Trinajstić information content (AvgIpc) is 3.14. The second kappa shape index (κ2) is 8.57. The number of likely N-dealkylation sites (tertiary alicyclic amines) is 1. The van der Waals surface area contributed by atoms with Crippen molar-refractivity contribution in [3.8, 4) is 0 Å². The molecule has 8 heteroatoms. The van der Waals surface area contributed by atoms with Crippen LogP contribution in [0.5, 0.6) is 0 Å². The quantitative estimate of drug-likeness (QED) is 0.772. The summed E-state index contributed by atoms with van der Waals surface area (Å²) in [6, 6.07) is 9.87. The van der Waals surface area contributed by atoms with Crippen molar-refractivity contribution in [3.63, 3.8) is 0 Å². The Morgan fingerprint density at radius 1 is 1.27 bits per heavy atom. The van der Waals surface area contributed by atoms with Gasteiger partial charge in [0.2, 0.25) is 5.91 Å². The van der Waals surface area contributed by atoms with Gasteiger partial charge < -0.3 is 16.0 Å². The van der Waals surface area contributed by atoms with E-state index in [0.717, 1.165) is 18.4 Å². The van der Waals surface area contributed by atoms with Crippen molar-refractivity contribution >= 4 is 11.8 Å². The van der Waals surface area contributed by atoms with E-state index in [9.17, 15) is 9.59 Å². The van der Waals surface area contributed by atoms with E-state index < -0.39 is 0 Å². The van der Waals surface area contributed by atoms with Gasteiger partial charge in [0.1, 0.15) is 0 Å². The Labute approximate surface area is 152 Å². The minimum Gasteiger partial charge on any atom is -0.355 e. The molecule has 2 amide bonds. The predicted octanol–water partition coefficient (Wildman–Crippen LogP) is 0.254. The molecule has 26 heavy (non-hydrogen) atoms. The van der Waals surface area contributed by atoms with Gasteiger partial charge in [-0.05, 0) is 18.4 Å². The van der Waals surface area contributed by atoms with E-state index in [1.807, 2.05) is 30.3 Å². The molecule has 1 fully saturated rings. The standard InChI is InChI=1S/C18H24N6O2/c19-8-9-20-17(25)15-7-4-10-23(12-15)18(26)16-13-24(22-21-16)11-14-5-2-1-3-6-14/h1-3,5-6,13,15H,4,7-12,19H2,(H,20,25). The molecule has 1 atom stereocenters. The number of nitrogens with two attached hydrogens (primary N) is 1. The monoisotopic (exact) mass is 356 g/mol. The highest BCUT2D eigenvalue weighted by Gasteiger charge is 2.29. The lowest BCUT2D eigenvalue weighted by Gasteiger charge is -2.31. The molecule has 0 aliphatic carbocycles. The SMILES string of the molecule is NCCNC(=O)C1CCCN(C(=O)c2cn(Cc3ccccc3)nn2)C1. The third-order valence-electron chi connectivity index (χ3n) is 4.47. The molecule has 1 saturated heterocycles. The second-order valence-electron chi connectivity index (χ2n) is 6.46. The highest BCUT2D eigenvalue weighted by molar-refractivity contribution is 5.92. The molecule has 0 bridgehead atoms. The van der Waals surface area contributed by atoms with Gasteiger partial charge in [-0.2, -0.15) is 0 Å². The van der Waals surface area contributed by atoms with Crippen LogP contribution in [0.25, 0.3) is 0 Å². The molecule has 1 aromatic heterocycles. The van der Waals surface area contributed by atoms with Crippen LogP contribution in [0.1, 0.15) is 28.9 Å². The topological polar surface area (TPSA) is 106 Å². The van der Waals surface area contributed by atoms with Crippen LogP contribution in [0, 0.1) is 5.92 Å². The first-order valence-electron chi connectivity index (χ1n) is 8.88. The van der Waals surface area contributed by atoms with Gasteiger partial charge >= 0.3 is 0 Å². The molecular formula is C18H24N6O2. The smallest absolute Gasteiger partial charge is 0.276 e. The molecule has 1 aliphatic heterocycles. The summed E-state index contributed by atoms with van der Waals surface area (Å²) < 4.78 is 1.65. The Kier molecular flexibility index (Phi) is 5.96. The van der Waals surface area contributed by atoms with E-state index in [1.165, 1.54) is 0 Å². The number of benzene rings is 1. The number of rotatable bonds is 6. The zero-order valence-electron chi connectivity index (χ0n) is 14.7. The minimum atomic E-state index is -0.196. The maximum Gasteiger partial charge on any atom is 0.276 e. The Morgan fingerprint density at radius 3 is 2.85 bits per heavy atom. The van der Waals surface area contributed by atoms with Gasteiger partial charge in [-0.3, -0.25) is 9.59 Å². The van der Waals surface area contributed by atoms with Gasteiger partial charge in [0.15, 0.2) is 5.69 Å². The normalized spacial score (nSPS) is 17.1. The van der Waals surface area contributed by atoms with Gasteiger partial charge in [0.25, 0.3) is 5.91 Å². The Bertz CT molecular complexity index is 745. The van der Waals surface area contributed by atoms with Crippen LogP contribution in [-0.2, 0) is 11.3 Å². The van der Waals surface area contributed by atoms with E-state index in [2.05, 4.69) is 15.6 Å². The molecule has 2 heterocycles. The van der Waals surface area contributed by atoms with Crippen molar-refractivity contribution in [2.75, 3.05) is 26.2 Å². The first-order chi connectivity index (χ1) is 12.7. The largest absolute Gasteiger partial charge is 0.355 e. The van der Waals surface area contributed by atoms with Gasteiger partial charge in [0.05, 0.1) is 18.7 Å². The van der Waals surface area contributed by atoms with Crippen LogP contribution in [-0.4, -0.2) is 57.9 Å². The van der Waals surface area contributed by atoms with Crippen LogP contribution >= 0.6 is 0 Å². The van der Waals surface area contributed by atoms with Crippen molar-refractivity contribution in [3.05, 3.63) is 47.8 Å². The summed E-state index contributed by atoms with van der Waals surface area (Å²) >= 11 is 0. The highest BCUT2D eigenvalue weighted by Crippen LogP contribution is 2.18. The van der Waals surface area contributed by atoms with E-state index >= 15 is 0 Å². The molecule has 0 radical (unpaired) electrons. The third kappa shape index (κ3) is 4.45. The van der Waals surface area contributed by atoms with Gasteiger partial charge in [-0.15, -0.1) is 5.10 Å². The number of piperidine rings is 1. The average molecular weight is 356 g/mol. The maximum atomic E-state index is 12.7. The number of amides is 2. The Hall–Kier alpha value is -2.74. The fourth-order valence-corrected chi connectivity index (χ4v) is 3.12. The van der Waals surface area contributed by atoms with Crippen LogP contribution in [0.4, 0.5) is 0 Å². The molecule has 0 saturated carbocycles. The second-order valence-corrected chi connectivity index (χ2v) is 6.46. The number of carbonyl (C=O) groups is 2. The number of nitrogens with zero attached hydrogens (tertiary/aromatic N) is 4. The number of hydrogen-bond donors (Lipinski definition) is 2. The van der Waals surface area contributed by atoms with Crippen molar-refractivity contribution in [2.45, 2.75) is 19.4 Å². The molecular weight excluding hydrogens is 332 g/mol. The van der Waals surface area contributed by atoms with E-state index in [-0.39, 0.29) is 17.7 Å². The molecule has 3 N–H and O–H groups in total. The van der Waals surface area contributed by atoms with Crippen molar-refractivity contribution in [1.29, 1.82) is 0 Å². The van der Waals surface area contributed by atoms with Crippen molar-refractivity contribution in [1.82, 2.24) is 25.2 Å². The minimum absolute atomic E-state index is 0.0410. The number of carbonyl (C=O) groups excluding carboxylic acids is 2. The molecule has 1 unspecified atom stereocenters. The number of nitrogens with one attached hydrogen (secondary N) is 1. The summed E-state index contributed by atoms with van der Waals surface area (Å²) in [5.74, 6) is -0.417. The molecule has 3 rings (SSSR count). The molecule has 138 valence electrons. The van der Waals surface area contributed by atoms with Crippen LogP contribution in [0.15, 0.2) is 36.5 Å². The van der Waals surface area contributed by atoms with Crippen molar-refractivity contribution < 1.29 is 9.59 Å². The fraction of sp³-hybridized carbons (Fsp3) is 0.444. The van der Waals surface area contributed by atoms with Gasteiger partial charge in [0, 0.05) is 26.2 Å². The first-order valence-corrected chi connectivity index (χ1v) is 8.88. The Morgan fingerprint density at radius 2 is 2.08 bits per heavy atom. The van der Waals surface area contributed by atoms with Crippen LogP contribution in [0.3, 0.4) is 0 Å². The van der Waals surface area contributed by atoms with E-state index in [4.69, 9.17) is 5.73 Å². The number of aromatic nitrogens is 3. The summed E-state index contributed by atoms with van der Waals surface area (Å²) in [6.07, 6.45) is 3.24. The van der Waals surface area contributed by atoms with Crippen LogP contribution < -0.4 is 11.1 Å². The molecule has 1 aliphatic rings. The van der Waals surface area contributed by atoms with Gasteiger partial charge in [-0.25, -0.2) is 4.68 Å². The summed E-state index contributed by atoms with van der Waals surface area (Å²) in [4.78, 5) is 26.5. The third-order valence-corrected chi connectivity index (χ3v) is 4.47. The van der Waals surface area contributed by atoms with E-state index in [0.29, 0.717) is 38.4 Å². The zero-order chi connectivity index (χ0) is 18.4. The van der Waals surface area contributed by atoms with Crippen molar-refractivity contribution in [2.24, 2.45) is 11.7 Å². The summed E-state index contributed by atoms with van der Waals surface area (Å²) in [5, 5.41) is 10.9. The fourth-order valence-electron chi connectivity index (χ4n) is 3.12. The molecule has 8 nitrogen and oxygen atoms in total. The lowest BCUT2D eigenvalue weighted by atomic mass is 9.97. The van der Waals surface area contributed by atoms with Crippen LogP contribution in [0.2, 0.25) is 0 Å².